The molecule has 20 heavy (non-hydrogen) atoms. The second kappa shape index (κ2) is 6.59. The molecule has 0 aliphatic carbocycles. The fraction of sp³-hybridized carbons (Fsp3) is 0.250. The molecule has 0 aliphatic rings. The van der Waals surface area contributed by atoms with E-state index in [9.17, 15) is 13.9 Å². The van der Waals surface area contributed by atoms with Crippen molar-refractivity contribution in [3.8, 4) is 0 Å². The maximum absolute atomic E-state index is 13.3. The van der Waals surface area contributed by atoms with E-state index >= 15 is 0 Å². The SMILES string of the molecule is NCC(O)C(Cc1cccc(F)c1)c1cccc(F)c1. The van der Waals surface area contributed by atoms with E-state index in [4.69, 9.17) is 5.73 Å². The lowest BCUT2D eigenvalue weighted by Crippen LogP contribution is -2.28. The number of rotatable bonds is 5. The standard InChI is InChI=1S/C16H17F2NO/c17-13-5-1-3-11(7-13)8-15(16(20)10-19)12-4-2-6-14(18)9-12/h1-7,9,15-16,20H,8,10,19H2. The predicted molar refractivity (Wildman–Crippen MR) is 74.3 cm³/mol. The van der Waals surface area contributed by atoms with Crippen LogP contribution in [0.5, 0.6) is 0 Å². The maximum Gasteiger partial charge on any atom is 0.123 e. The van der Waals surface area contributed by atoms with Crippen LogP contribution in [0.3, 0.4) is 0 Å². The Labute approximate surface area is 116 Å². The third kappa shape index (κ3) is 3.62. The van der Waals surface area contributed by atoms with Gasteiger partial charge < -0.3 is 10.8 Å². The Kier molecular flexibility index (Phi) is 4.82. The summed E-state index contributed by atoms with van der Waals surface area (Å²) in [4.78, 5) is 0. The molecule has 0 saturated carbocycles. The van der Waals surface area contributed by atoms with Crippen LogP contribution in [0.15, 0.2) is 48.5 Å². The number of aliphatic hydroxyl groups excluding tert-OH is 1. The first-order valence-corrected chi connectivity index (χ1v) is 6.48. The van der Waals surface area contributed by atoms with E-state index in [0.717, 1.165) is 5.56 Å². The number of hydrogen-bond acceptors (Lipinski definition) is 2. The van der Waals surface area contributed by atoms with Gasteiger partial charge in [0, 0.05) is 12.5 Å². The zero-order valence-corrected chi connectivity index (χ0v) is 11.0. The Morgan fingerprint density at radius 2 is 1.65 bits per heavy atom. The summed E-state index contributed by atoms with van der Waals surface area (Å²) in [6.45, 7) is 0.0660. The summed E-state index contributed by atoms with van der Waals surface area (Å²) in [7, 11) is 0. The number of benzene rings is 2. The average Bonchev–Trinajstić information content (AvgIpc) is 2.44. The molecule has 0 amide bonds. The van der Waals surface area contributed by atoms with Crippen LogP contribution in [0.25, 0.3) is 0 Å². The molecule has 4 heteroatoms. The van der Waals surface area contributed by atoms with Crippen LogP contribution in [0.1, 0.15) is 17.0 Å². The molecule has 2 aromatic carbocycles. The van der Waals surface area contributed by atoms with Gasteiger partial charge in [-0.25, -0.2) is 8.78 Å². The van der Waals surface area contributed by atoms with Crippen LogP contribution >= 0.6 is 0 Å². The second-order valence-corrected chi connectivity index (χ2v) is 4.80. The van der Waals surface area contributed by atoms with Crippen LogP contribution in [-0.4, -0.2) is 17.8 Å². The van der Waals surface area contributed by atoms with Gasteiger partial charge in [-0.05, 0) is 41.8 Å². The van der Waals surface area contributed by atoms with Crippen LogP contribution in [0, 0.1) is 11.6 Å². The summed E-state index contributed by atoms with van der Waals surface area (Å²) >= 11 is 0. The van der Waals surface area contributed by atoms with Crippen molar-refractivity contribution in [2.75, 3.05) is 6.54 Å². The van der Waals surface area contributed by atoms with Gasteiger partial charge in [-0.3, -0.25) is 0 Å². The Hall–Kier alpha value is -1.78. The zero-order chi connectivity index (χ0) is 14.5. The molecule has 2 aromatic rings. The smallest absolute Gasteiger partial charge is 0.123 e. The van der Waals surface area contributed by atoms with Gasteiger partial charge in [0.1, 0.15) is 11.6 Å². The third-order valence-corrected chi connectivity index (χ3v) is 3.33. The van der Waals surface area contributed by atoms with Crippen LogP contribution in [0.2, 0.25) is 0 Å². The number of nitrogens with two attached hydrogens (primary N) is 1. The fourth-order valence-electron chi connectivity index (χ4n) is 2.30. The second-order valence-electron chi connectivity index (χ2n) is 4.80. The molecule has 3 N–H and O–H groups in total. The largest absolute Gasteiger partial charge is 0.391 e. The highest BCUT2D eigenvalue weighted by Crippen LogP contribution is 2.25. The normalized spacial score (nSPS) is 14.0. The predicted octanol–water partition coefficient (Wildman–Crippen LogP) is 2.61. The highest BCUT2D eigenvalue weighted by Gasteiger charge is 2.21. The molecular formula is C16H17F2NO. The first-order chi connectivity index (χ1) is 9.60. The quantitative estimate of drug-likeness (QED) is 0.882. The highest BCUT2D eigenvalue weighted by atomic mass is 19.1. The molecule has 0 aliphatic heterocycles. The molecule has 2 unspecified atom stereocenters. The topological polar surface area (TPSA) is 46.2 Å². The Balaban J connectivity index is 2.29. The van der Waals surface area contributed by atoms with E-state index in [-0.39, 0.29) is 24.1 Å². The molecule has 0 heterocycles. The molecule has 106 valence electrons. The minimum atomic E-state index is -0.805. The van der Waals surface area contributed by atoms with Gasteiger partial charge in [0.2, 0.25) is 0 Å². The lowest BCUT2D eigenvalue weighted by Gasteiger charge is -2.22. The molecule has 0 radical (unpaired) electrons. The van der Waals surface area contributed by atoms with Gasteiger partial charge in [-0.1, -0.05) is 24.3 Å². The highest BCUT2D eigenvalue weighted by molar-refractivity contribution is 5.26. The van der Waals surface area contributed by atoms with Crippen molar-refractivity contribution in [1.29, 1.82) is 0 Å². The Morgan fingerprint density at radius 1 is 1.00 bits per heavy atom. The molecule has 2 nitrogen and oxygen atoms in total. The summed E-state index contributed by atoms with van der Waals surface area (Å²) in [6.07, 6.45) is -0.403. The summed E-state index contributed by atoms with van der Waals surface area (Å²) in [6, 6.07) is 12.2. The molecule has 2 rings (SSSR count). The lowest BCUT2D eigenvalue weighted by molar-refractivity contribution is 0.150. The first-order valence-electron chi connectivity index (χ1n) is 6.48. The first kappa shape index (κ1) is 14.6. The summed E-state index contributed by atoms with van der Waals surface area (Å²) in [5.74, 6) is -1.06. The molecule has 0 spiro atoms. The maximum atomic E-state index is 13.3. The molecule has 0 fully saturated rings. The van der Waals surface area contributed by atoms with Crippen molar-refractivity contribution in [2.45, 2.75) is 18.4 Å². The van der Waals surface area contributed by atoms with Crippen molar-refractivity contribution in [2.24, 2.45) is 5.73 Å². The molecule has 0 aromatic heterocycles. The average molecular weight is 277 g/mol. The molecule has 0 bridgehead atoms. The van der Waals surface area contributed by atoms with Gasteiger partial charge in [0.15, 0.2) is 0 Å². The van der Waals surface area contributed by atoms with Gasteiger partial charge in [-0.2, -0.15) is 0 Å². The third-order valence-electron chi connectivity index (χ3n) is 3.33. The van der Waals surface area contributed by atoms with Gasteiger partial charge in [-0.15, -0.1) is 0 Å². The van der Waals surface area contributed by atoms with Crippen molar-refractivity contribution in [1.82, 2.24) is 0 Å². The van der Waals surface area contributed by atoms with E-state index in [1.807, 2.05) is 0 Å². The van der Waals surface area contributed by atoms with E-state index in [0.29, 0.717) is 12.0 Å². The van der Waals surface area contributed by atoms with Gasteiger partial charge >= 0.3 is 0 Å². The minimum Gasteiger partial charge on any atom is -0.391 e. The fourth-order valence-corrected chi connectivity index (χ4v) is 2.30. The summed E-state index contributed by atoms with van der Waals surface area (Å²) in [5.41, 5.74) is 6.92. The zero-order valence-electron chi connectivity index (χ0n) is 11.0. The molecular weight excluding hydrogens is 260 g/mol. The van der Waals surface area contributed by atoms with Crippen molar-refractivity contribution >= 4 is 0 Å². The van der Waals surface area contributed by atoms with E-state index < -0.39 is 6.10 Å². The summed E-state index contributed by atoms with van der Waals surface area (Å²) in [5, 5.41) is 10.1. The lowest BCUT2D eigenvalue weighted by atomic mass is 9.87. The Bertz CT molecular complexity index is 574. The monoisotopic (exact) mass is 277 g/mol. The van der Waals surface area contributed by atoms with Gasteiger partial charge in [0.05, 0.1) is 6.10 Å². The summed E-state index contributed by atoms with van der Waals surface area (Å²) < 4.78 is 26.5. The van der Waals surface area contributed by atoms with Crippen LogP contribution in [-0.2, 0) is 6.42 Å². The Morgan fingerprint density at radius 3 is 2.25 bits per heavy atom. The number of hydrogen-bond donors (Lipinski definition) is 2. The number of halogens is 2. The van der Waals surface area contributed by atoms with Crippen LogP contribution in [0.4, 0.5) is 8.78 Å². The molecule has 0 saturated heterocycles. The van der Waals surface area contributed by atoms with Crippen molar-refractivity contribution < 1.29 is 13.9 Å². The van der Waals surface area contributed by atoms with E-state index in [1.54, 1.807) is 24.3 Å². The van der Waals surface area contributed by atoms with Gasteiger partial charge in [0.25, 0.3) is 0 Å². The molecule has 2 atom stereocenters. The number of aliphatic hydroxyl groups is 1. The van der Waals surface area contributed by atoms with E-state index in [2.05, 4.69) is 0 Å². The van der Waals surface area contributed by atoms with E-state index in [1.165, 1.54) is 24.3 Å². The van der Waals surface area contributed by atoms with Crippen molar-refractivity contribution in [3.05, 3.63) is 71.3 Å². The minimum absolute atomic E-state index is 0.0660. The van der Waals surface area contributed by atoms with Crippen LogP contribution < -0.4 is 5.73 Å². The van der Waals surface area contributed by atoms with Crippen molar-refractivity contribution in [3.63, 3.8) is 0 Å².